The normalized spacial score (nSPS) is 15.9. The Morgan fingerprint density at radius 1 is 1.26 bits per heavy atom. The SMILES string of the molecule is CC(C)(C)c1cc(-c2cc3c(F)c(SC4(C(=O)O)CC4)ncc3[nH]2)ncn1. The number of carboxylic acid groups (broad SMARTS) is 1. The number of nitrogens with one attached hydrogen (secondary N) is 1. The van der Waals surface area contributed by atoms with Crippen molar-refractivity contribution < 1.29 is 14.3 Å². The van der Waals surface area contributed by atoms with E-state index in [-0.39, 0.29) is 10.4 Å². The summed E-state index contributed by atoms with van der Waals surface area (Å²) in [7, 11) is 0. The summed E-state index contributed by atoms with van der Waals surface area (Å²) >= 11 is 0.992. The number of H-pyrrole nitrogens is 1. The maximum absolute atomic E-state index is 15.0. The molecule has 0 amide bonds. The van der Waals surface area contributed by atoms with Crippen molar-refractivity contribution in [2.24, 2.45) is 0 Å². The Hall–Kier alpha value is -2.48. The lowest BCUT2D eigenvalue weighted by Crippen LogP contribution is -2.17. The zero-order valence-electron chi connectivity index (χ0n) is 15.2. The minimum Gasteiger partial charge on any atom is -0.480 e. The smallest absolute Gasteiger partial charge is 0.320 e. The average Bonchev–Trinajstić information content (AvgIpc) is 3.27. The van der Waals surface area contributed by atoms with E-state index in [1.165, 1.54) is 12.5 Å². The van der Waals surface area contributed by atoms with Gasteiger partial charge in [-0.1, -0.05) is 32.5 Å². The number of aromatic amines is 1. The molecule has 0 aliphatic heterocycles. The van der Waals surface area contributed by atoms with E-state index in [4.69, 9.17) is 0 Å². The molecule has 0 bridgehead atoms. The first-order chi connectivity index (χ1) is 12.7. The molecule has 0 saturated heterocycles. The monoisotopic (exact) mass is 386 g/mol. The Morgan fingerprint density at radius 2 is 2.00 bits per heavy atom. The second-order valence-corrected chi connectivity index (χ2v) is 9.20. The predicted molar refractivity (Wildman–Crippen MR) is 101 cm³/mol. The van der Waals surface area contributed by atoms with Crippen LogP contribution in [0.1, 0.15) is 39.3 Å². The van der Waals surface area contributed by atoms with Gasteiger partial charge in [0.15, 0.2) is 5.82 Å². The zero-order chi connectivity index (χ0) is 19.4. The van der Waals surface area contributed by atoms with Crippen molar-refractivity contribution in [3.63, 3.8) is 0 Å². The molecule has 4 rings (SSSR count). The molecule has 0 radical (unpaired) electrons. The minimum absolute atomic E-state index is 0.117. The molecule has 6 nitrogen and oxygen atoms in total. The molecule has 3 aromatic rings. The predicted octanol–water partition coefficient (Wildman–Crippen LogP) is 4.17. The molecule has 1 fully saturated rings. The van der Waals surface area contributed by atoms with Crippen LogP contribution < -0.4 is 0 Å². The van der Waals surface area contributed by atoms with Gasteiger partial charge < -0.3 is 10.1 Å². The van der Waals surface area contributed by atoms with Crippen LogP contribution in [0.5, 0.6) is 0 Å². The maximum atomic E-state index is 15.0. The second kappa shape index (κ2) is 6.02. The maximum Gasteiger partial charge on any atom is 0.320 e. The highest BCUT2D eigenvalue weighted by molar-refractivity contribution is 8.01. The number of aromatic nitrogens is 4. The zero-order valence-corrected chi connectivity index (χ0v) is 16.0. The fourth-order valence-electron chi connectivity index (χ4n) is 2.83. The number of aliphatic carboxylic acids is 1. The number of carboxylic acids is 1. The molecule has 2 N–H and O–H groups in total. The molecule has 8 heteroatoms. The van der Waals surface area contributed by atoms with E-state index in [1.807, 2.05) is 6.07 Å². The van der Waals surface area contributed by atoms with Crippen LogP contribution in [-0.4, -0.2) is 35.8 Å². The van der Waals surface area contributed by atoms with Gasteiger partial charge in [-0.25, -0.2) is 19.3 Å². The van der Waals surface area contributed by atoms with Crippen molar-refractivity contribution in [2.75, 3.05) is 0 Å². The van der Waals surface area contributed by atoms with Crippen molar-refractivity contribution in [1.29, 1.82) is 0 Å². The van der Waals surface area contributed by atoms with Crippen molar-refractivity contribution in [3.8, 4) is 11.4 Å². The fourth-order valence-corrected chi connectivity index (χ4v) is 3.90. The molecule has 1 aliphatic rings. The highest BCUT2D eigenvalue weighted by Gasteiger charge is 2.52. The Kier molecular flexibility index (Phi) is 3.99. The van der Waals surface area contributed by atoms with E-state index in [2.05, 4.69) is 40.7 Å². The number of hydrogen-bond donors (Lipinski definition) is 2. The van der Waals surface area contributed by atoms with Gasteiger partial charge in [0.25, 0.3) is 0 Å². The van der Waals surface area contributed by atoms with Crippen LogP contribution in [0.15, 0.2) is 29.7 Å². The van der Waals surface area contributed by atoms with Crippen LogP contribution in [0.3, 0.4) is 0 Å². The first kappa shape index (κ1) is 17.9. The van der Waals surface area contributed by atoms with Crippen molar-refractivity contribution in [3.05, 3.63) is 36.2 Å². The quantitative estimate of drug-likeness (QED) is 0.699. The number of hydrogen-bond acceptors (Lipinski definition) is 5. The summed E-state index contributed by atoms with van der Waals surface area (Å²) in [6.45, 7) is 6.19. The molecule has 0 aromatic carbocycles. The fraction of sp³-hybridized carbons (Fsp3) is 0.368. The molecule has 1 saturated carbocycles. The molecular weight excluding hydrogens is 367 g/mol. The lowest BCUT2D eigenvalue weighted by atomic mass is 9.91. The van der Waals surface area contributed by atoms with E-state index in [0.29, 0.717) is 35.1 Å². The van der Waals surface area contributed by atoms with Gasteiger partial charge >= 0.3 is 5.97 Å². The Morgan fingerprint density at radius 3 is 2.63 bits per heavy atom. The largest absolute Gasteiger partial charge is 0.480 e. The number of thioether (sulfide) groups is 1. The summed E-state index contributed by atoms with van der Waals surface area (Å²) in [6, 6.07) is 3.57. The number of rotatable bonds is 4. The summed E-state index contributed by atoms with van der Waals surface area (Å²) in [4.78, 5) is 27.3. The van der Waals surface area contributed by atoms with Crippen molar-refractivity contribution >= 4 is 28.6 Å². The highest BCUT2D eigenvalue weighted by Crippen LogP contribution is 2.52. The summed E-state index contributed by atoms with van der Waals surface area (Å²) in [6.07, 6.45) is 4.09. The molecule has 27 heavy (non-hydrogen) atoms. The van der Waals surface area contributed by atoms with Gasteiger partial charge in [-0.3, -0.25) is 4.79 Å². The lowest BCUT2D eigenvalue weighted by Gasteiger charge is -2.17. The number of pyridine rings is 1. The molecular formula is C19H19FN4O2S. The van der Waals surface area contributed by atoms with Gasteiger partial charge in [-0.15, -0.1) is 0 Å². The summed E-state index contributed by atoms with van der Waals surface area (Å²) in [5.74, 6) is -1.42. The van der Waals surface area contributed by atoms with Gasteiger partial charge in [0.2, 0.25) is 0 Å². The van der Waals surface area contributed by atoms with Crippen LogP contribution in [0.25, 0.3) is 22.3 Å². The Balaban J connectivity index is 1.73. The molecule has 0 unspecified atom stereocenters. The van der Waals surface area contributed by atoms with Gasteiger partial charge in [0.1, 0.15) is 16.1 Å². The van der Waals surface area contributed by atoms with Crippen molar-refractivity contribution in [1.82, 2.24) is 19.9 Å². The Labute approximate surface area is 159 Å². The lowest BCUT2D eigenvalue weighted by molar-refractivity contribution is -0.137. The van der Waals surface area contributed by atoms with Crippen LogP contribution >= 0.6 is 11.8 Å². The van der Waals surface area contributed by atoms with Gasteiger partial charge in [0, 0.05) is 16.5 Å². The molecule has 0 atom stereocenters. The third kappa shape index (κ3) is 3.18. The molecule has 1 aliphatic carbocycles. The van der Waals surface area contributed by atoms with E-state index in [0.717, 1.165) is 17.5 Å². The standard InChI is InChI=1S/C19H19FN4O2S/c1-18(2,3)14-7-11(22-9-23-14)12-6-10-13(24-12)8-21-16(15(10)20)27-19(4-5-19)17(25)26/h6-9,24H,4-5H2,1-3H3,(H,25,26). The summed E-state index contributed by atoms with van der Waals surface area (Å²) in [5.41, 5.74) is 2.64. The third-order valence-electron chi connectivity index (χ3n) is 4.68. The average molecular weight is 386 g/mol. The Bertz CT molecular complexity index is 1050. The van der Waals surface area contributed by atoms with Crippen LogP contribution in [0.2, 0.25) is 0 Å². The number of carbonyl (C=O) groups is 1. The van der Waals surface area contributed by atoms with E-state index < -0.39 is 16.5 Å². The topological polar surface area (TPSA) is 91.8 Å². The summed E-state index contributed by atoms with van der Waals surface area (Å²) < 4.78 is 14.0. The van der Waals surface area contributed by atoms with Gasteiger partial charge in [-0.2, -0.15) is 0 Å². The first-order valence-corrected chi connectivity index (χ1v) is 9.44. The van der Waals surface area contributed by atoms with Gasteiger partial charge in [0.05, 0.1) is 23.1 Å². The molecule has 140 valence electrons. The van der Waals surface area contributed by atoms with E-state index >= 15 is 0 Å². The minimum atomic E-state index is -0.936. The molecule has 0 spiro atoms. The number of fused-ring (bicyclic) bond motifs is 1. The third-order valence-corrected chi connectivity index (χ3v) is 6.13. The van der Waals surface area contributed by atoms with Crippen LogP contribution in [0, 0.1) is 5.82 Å². The molecule has 3 heterocycles. The van der Waals surface area contributed by atoms with E-state index in [9.17, 15) is 14.3 Å². The molecule has 3 aromatic heterocycles. The van der Waals surface area contributed by atoms with Crippen LogP contribution in [-0.2, 0) is 10.2 Å². The van der Waals surface area contributed by atoms with Gasteiger partial charge in [-0.05, 0) is 25.0 Å². The first-order valence-electron chi connectivity index (χ1n) is 8.62. The number of nitrogens with zero attached hydrogens (tertiary/aromatic N) is 3. The van der Waals surface area contributed by atoms with E-state index in [1.54, 1.807) is 6.07 Å². The van der Waals surface area contributed by atoms with Crippen molar-refractivity contribution in [2.45, 2.75) is 48.8 Å². The van der Waals surface area contributed by atoms with Crippen LogP contribution in [0.4, 0.5) is 4.39 Å². The second-order valence-electron chi connectivity index (χ2n) is 7.83. The summed E-state index contributed by atoms with van der Waals surface area (Å²) in [5, 5.41) is 9.81. The number of halogens is 1. The highest BCUT2D eigenvalue weighted by atomic mass is 32.2.